The van der Waals surface area contributed by atoms with Crippen LogP contribution in [0.15, 0.2) is 34.2 Å². The van der Waals surface area contributed by atoms with Crippen LogP contribution < -0.4 is 15.4 Å². The fourth-order valence-electron chi connectivity index (χ4n) is 2.39. The molecule has 0 saturated heterocycles. The van der Waals surface area contributed by atoms with Crippen LogP contribution in [-0.2, 0) is 24.3 Å². The van der Waals surface area contributed by atoms with Crippen molar-refractivity contribution in [3.63, 3.8) is 0 Å². The zero-order valence-corrected chi connectivity index (χ0v) is 17.6. The van der Waals surface area contributed by atoms with Crippen LogP contribution >= 0.6 is 0 Å². The lowest BCUT2D eigenvalue weighted by molar-refractivity contribution is -0.155. The van der Waals surface area contributed by atoms with Gasteiger partial charge in [0.15, 0.2) is 6.10 Å². The molecule has 0 bridgehead atoms. The summed E-state index contributed by atoms with van der Waals surface area (Å²) in [6.45, 7) is 7.96. The summed E-state index contributed by atoms with van der Waals surface area (Å²) in [5.74, 6) is -1.63. The second-order valence-electron chi connectivity index (χ2n) is 7.53. The van der Waals surface area contributed by atoms with E-state index in [9.17, 15) is 22.8 Å². The topological polar surface area (TPSA) is 143 Å². The molecule has 3 amide bonds. The highest BCUT2D eigenvalue weighted by Gasteiger charge is 2.32. The fraction of sp³-hybridized carbons (Fsp3) is 0.444. The monoisotopic (exact) mass is 424 g/mol. The third kappa shape index (κ3) is 5.76. The van der Waals surface area contributed by atoms with Gasteiger partial charge in [0.25, 0.3) is 15.9 Å². The minimum absolute atomic E-state index is 0.0201. The number of hydrogen-bond acceptors (Lipinski definition) is 7. The van der Waals surface area contributed by atoms with Crippen molar-refractivity contribution in [3.05, 3.63) is 29.8 Å². The molecule has 2 rings (SSSR count). The maximum Gasteiger partial charge on any atom is 0.331 e. The van der Waals surface area contributed by atoms with Gasteiger partial charge in [0, 0.05) is 11.1 Å². The van der Waals surface area contributed by atoms with Crippen molar-refractivity contribution >= 4 is 33.8 Å². The zero-order chi connectivity index (χ0) is 22.0. The van der Waals surface area contributed by atoms with Gasteiger partial charge < -0.3 is 10.1 Å². The van der Waals surface area contributed by atoms with Crippen molar-refractivity contribution in [3.8, 4) is 0 Å². The maximum absolute atomic E-state index is 12.2. The Morgan fingerprint density at radius 2 is 1.76 bits per heavy atom. The second kappa shape index (κ2) is 8.19. The van der Waals surface area contributed by atoms with Crippen molar-refractivity contribution in [1.29, 1.82) is 0 Å². The SMILES string of the molecule is CC(OC(=O)[C@H](C)N=C1NS(=O)(=O)c2ccccc21)C(=O)NC(=O)NC(C)(C)C. The van der Waals surface area contributed by atoms with Crippen LogP contribution in [-0.4, -0.2) is 49.8 Å². The first-order valence-corrected chi connectivity index (χ1v) is 10.3. The Hall–Kier alpha value is -2.95. The van der Waals surface area contributed by atoms with Crippen LogP contribution in [0.2, 0.25) is 0 Å². The van der Waals surface area contributed by atoms with Crippen molar-refractivity contribution < 1.29 is 27.5 Å². The number of carbonyl (C=O) groups is 3. The summed E-state index contributed by atoms with van der Waals surface area (Å²) in [5.41, 5.74) is -0.198. The van der Waals surface area contributed by atoms with Crippen molar-refractivity contribution in [1.82, 2.24) is 15.4 Å². The average molecular weight is 424 g/mol. The summed E-state index contributed by atoms with van der Waals surface area (Å²) in [7, 11) is -3.73. The van der Waals surface area contributed by atoms with Gasteiger partial charge >= 0.3 is 12.0 Å². The van der Waals surface area contributed by atoms with E-state index in [0.29, 0.717) is 5.56 Å². The first-order chi connectivity index (χ1) is 13.3. The Morgan fingerprint density at radius 1 is 1.14 bits per heavy atom. The van der Waals surface area contributed by atoms with Crippen molar-refractivity contribution in [2.24, 2.45) is 4.99 Å². The normalized spacial score (nSPS) is 18.2. The number of benzene rings is 1. The highest BCUT2D eigenvalue weighted by atomic mass is 32.2. The Balaban J connectivity index is 2.02. The number of hydrogen-bond donors (Lipinski definition) is 3. The molecule has 2 atom stereocenters. The first kappa shape index (κ1) is 22.3. The number of aliphatic imine (C=N–C) groups is 1. The van der Waals surface area contributed by atoms with Gasteiger partial charge in [-0.15, -0.1) is 0 Å². The number of sulfonamides is 1. The number of nitrogens with one attached hydrogen (secondary N) is 3. The maximum atomic E-state index is 12.2. The van der Waals surface area contributed by atoms with Gasteiger partial charge in [0.05, 0.1) is 4.90 Å². The number of imide groups is 1. The van der Waals surface area contributed by atoms with Gasteiger partial charge in [-0.3, -0.25) is 19.8 Å². The van der Waals surface area contributed by atoms with Crippen LogP contribution in [0.3, 0.4) is 0 Å². The molecule has 0 aromatic heterocycles. The van der Waals surface area contributed by atoms with E-state index in [4.69, 9.17) is 4.74 Å². The van der Waals surface area contributed by atoms with Gasteiger partial charge in [-0.25, -0.2) is 18.0 Å². The summed E-state index contributed by atoms with van der Waals surface area (Å²) in [6, 6.07) is 4.42. The number of carbonyl (C=O) groups excluding carboxylic acids is 3. The lowest BCUT2D eigenvalue weighted by Gasteiger charge is -2.21. The van der Waals surface area contributed by atoms with E-state index in [1.165, 1.54) is 19.9 Å². The summed E-state index contributed by atoms with van der Waals surface area (Å²) in [4.78, 5) is 40.1. The van der Waals surface area contributed by atoms with Gasteiger partial charge in [0.1, 0.15) is 11.9 Å². The molecule has 29 heavy (non-hydrogen) atoms. The lowest BCUT2D eigenvalue weighted by atomic mass is 10.1. The number of nitrogens with zero attached hydrogens (tertiary/aromatic N) is 1. The van der Waals surface area contributed by atoms with Gasteiger partial charge in [-0.05, 0) is 46.8 Å². The molecular formula is C18H24N4O6S. The van der Waals surface area contributed by atoms with E-state index in [0.717, 1.165) is 0 Å². The standard InChI is InChI=1S/C18H24N4O6S/c1-10(19-14-12-8-6-7-9-13(12)29(26,27)22-14)16(24)28-11(2)15(23)20-17(25)21-18(3,4)5/h6-11H,1-5H3,(H,19,22)(H2,20,21,23,25)/t10-,11?/m0/s1. The smallest absolute Gasteiger partial charge is 0.331 e. The molecule has 1 aliphatic rings. The molecule has 1 aliphatic heterocycles. The molecule has 3 N–H and O–H groups in total. The zero-order valence-electron chi connectivity index (χ0n) is 16.8. The van der Waals surface area contributed by atoms with Crippen LogP contribution in [0.5, 0.6) is 0 Å². The molecule has 1 heterocycles. The predicted octanol–water partition coefficient (Wildman–Crippen LogP) is 0.670. The van der Waals surface area contributed by atoms with E-state index < -0.39 is 45.6 Å². The Morgan fingerprint density at radius 3 is 2.38 bits per heavy atom. The third-order valence-corrected chi connectivity index (χ3v) is 5.11. The number of rotatable bonds is 4. The largest absolute Gasteiger partial charge is 0.451 e. The summed E-state index contributed by atoms with van der Waals surface area (Å²) in [5, 5.41) is 4.63. The lowest BCUT2D eigenvalue weighted by Crippen LogP contribution is -2.50. The average Bonchev–Trinajstić information content (AvgIpc) is 2.83. The highest BCUT2D eigenvalue weighted by molar-refractivity contribution is 7.90. The number of fused-ring (bicyclic) bond motifs is 1. The molecule has 1 aromatic carbocycles. The summed E-state index contributed by atoms with van der Waals surface area (Å²) in [6.07, 6.45) is -1.25. The van der Waals surface area contributed by atoms with E-state index in [2.05, 4.69) is 20.3 Å². The molecule has 0 aliphatic carbocycles. The Kier molecular flexibility index (Phi) is 6.31. The number of esters is 1. The molecule has 1 unspecified atom stereocenters. The number of ether oxygens (including phenoxy) is 1. The molecular weight excluding hydrogens is 400 g/mol. The molecule has 1 aromatic rings. The molecule has 158 valence electrons. The van der Waals surface area contributed by atoms with E-state index in [1.54, 1.807) is 39.0 Å². The molecule has 0 saturated carbocycles. The van der Waals surface area contributed by atoms with Crippen molar-refractivity contribution in [2.45, 2.75) is 57.2 Å². The highest BCUT2D eigenvalue weighted by Crippen LogP contribution is 2.22. The van der Waals surface area contributed by atoms with E-state index in [-0.39, 0.29) is 10.7 Å². The minimum Gasteiger partial charge on any atom is -0.451 e. The van der Waals surface area contributed by atoms with Crippen LogP contribution in [0.25, 0.3) is 0 Å². The summed E-state index contributed by atoms with van der Waals surface area (Å²) >= 11 is 0. The predicted molar refractivity (Wildman–Crippen MR) is 105 cm³/mol. The van der Waals surface area contributed by atoms with Crippen LogP contribution in [0.4, 0.5) is 4.79 Å². The molecule has 0 radical (unpaired) electrons. The quantitative estimate of drug-likeness (QED) is 0.606. The minimum atomic E-state index is -3.73. The Labute approximate surface area is 169 Å². The van der Waals surface area contributed by atoms with Gasteiger partial charge in [-0.1, -0.05) is 12.1 Å². The molecule has 0 fully saturated rings. The summed E-state index contributed by atoms with van der Waals surface area (Å²) < 4.78 is 31.5. The third-order valence-electron chi connectivity index (χ3n) is 3.71. The second-order valence-corrected chi connectivity index (χ2v) is 9.18. The first-order valence-electron chi connectivity index (χ1n) is 8.83. The molecule has 11 heteroatoms. The Bertz CT molecular complexity index is 965. The van der Waals surface area contributed by atoms with Crippen LogP contribution in [0, 0.1) is 0 Å². The van der Waals surface area contributed by atoms with E-state index >= 15 is 0 Å². The van der Waals surface area contributed by atoms with Gasteiger partial charge in [-0.2, -0.15) is 0 Å². The van der Waals surface area contributed by atoms with E-state index in [1.807, 2.05) is 0 Å². The van der Waals surface area contributed by atoms with Crippen molar-refractivity contribution in [2.75, 3.05) is 0 Å². The molecule has 10 nitrogen and oxygen atoms in total. The van der Waals surface area contributed by atoms with Crippen LogP contribution in [0.1, 0.15) is 40.2 Å². The van der Waals surface area contributed by atoms with Gasteiger partial charge in [0.2, 0.25) is 0 Å². The fourth-order valence-corrected chi connectivity index (χ4v) is 3.63. The molecule has 0 spiro atoms. The number of amidine groups is 1. The number of urea groups is 1. The number of amides is 3.